The molecule has 1 aliphatic heterocycles. The van der Waals surface area contributed by atoms with Crippen molar-refractivity contribution in [2.24, 2.45) is 0 Å². The smallest absolute Gasteiger partial charge is 0.251 e. The first-order chi connectivity index (χ1) is 12.3. The molecule has 1 atom stereocenters. The van der Waals surface area contributed by atoms with Crippen molar-refractivity contribution >= 4 is 45.0 Å². The van der Waals surface area contributed by atoms with E-state index < -0.39 is 11.9 Å². The number of hydrogen-bond donors (Lipinski definition) is 1. The number of anilines is 1. The van der Waals surface area contributed by atoms with E-state index in [-0.39, 0.29) is 41.9 Å². The minimum atomic E-state index is -0.613. The fourth-order valence-corrected chi connectivity index (χ4v) is 3.26. The molecular weight excluding hydrogens is 429 g/mol. The first-order valence-electron chi connectivity index (χ1n) is 7.74. The molecule has 1 aromatic carbocycles. The van der Waals surface area contributed by atoms with Crippen LogP contribution in [0.15, 0.2) is 45.8 Å². The molecule has 3 rings (SSSR count). The van der Waals surface area contributed by atoms with Crippen molar-refractivity contribution in [1.29, 1.82) is 0 Å². The van der Waals surface area contributed by atoms with Crippen LogP contribution in [0.1, 0.15) is 6.42 Å². The number of hydrogen-bond acceptors (Lipinski definition) is 3. The number of carbonyl (C=O) groups is 2. The van der Waals surface area contributed by atoms with Crippen molar-refractivity contribution in [1.82, 2.24) is 9.88 Å². The summed E-state index contributed by atoms with van der Waals surface area (Å²) in [5.41, 5.74) is 0.0842. The van der Waals surface area contributed by atoms with Crippen LogP contribution in [0, 0.1) is 5.82 Å². The molecule has 6 nitrogen and oxygen atoms in total. The molecule has 1 fully saturated rings. The maximum absolute atomic E-state index is 13.6. The van der Waals surface area contributed by atoms with Crippen molar-refractivity contribution in [3.63, 3.8) is 0 Å². The van der Waals surface area contributed by atoms with Crippen LogP contribution in [0.25, 0.3) is 0 Å². The van der Waals surface area contributed by atoms with Crippen LogP contribution >= 0.6 is 27.5 Å². The first kappa shape index (κ1) is 18.6. The number of pyridine rings is 1. The van der Waals surface area contributed by atoms with Gasteiger partial charge >= 0.3 is 0 Å². The largest absolute Gasteiger partial charge is 0.349 e. The van der Waals surface area contributed by atoms with Gasteiger partial charge in [0.05, 0.1) is 11.1 Å². The van der Waals surface area contributed by atoms with E-state index in [9.17, 15) is 18.8 Å². The normalized spacial score (nSPS) is 16.8. The summed E-state index contributed by atoms with van der Waals surface area (Å²) in [5, 5.41) is 2.71. The minimum Gasteiger partial charge on any atom is -0.349 e. The molecule has 0 bridgehead atoms. The molecule has 0 saturated carbocycles. The Balaban J connectivity index is 1.65. The summed E-state index contributed by atoms with van der Waals surface area (Å²) in [6.07, 6.45) is 1.62. The van der Waals surface area contributed by atoms with Gasteiger partial charge in [-0.25, -0.2) is 4.39 Å². The number of halogens is 3. The van der Waals surface area contributed by atoms with Crippen LogP contribution in [0.3, 0.4) is 0 Å². The van der Waals surface area contributed by atoms with Gasteiger partial charge in [0.1, 0.15) is 12.4 Å². The Morgan fingerprint density at radius 1 is 1.31 bits per heavy atom. The van der Waals surface area contributed by atoms with Crippen LogP contribution in [0.5, 0.6) is 0 Å². The highest BCUT2D eigenvalue weighted by Gasteiger charge is 2.31. The molecule has 1 aromatic heterocycles. The Bertz CT molecular complexity index is 934. The summed E-state index contributed by atoms with van der Waals surface area (Å²) in [6.45, 7) is 0.0670. The molecule has 1 unspecified atom stereocenters. The van der Waals surface area contributed by atoms with Crippen molar-refractivity contribution in [3.05, 3.63) is 62.2 Å². The van der Waals surface area contributed by atoms with Gasteiger partial charge in [0.2, 0.25) is 11.8 Å². The van der Waals surface area contributed by atoms with Crippen molar-refractivity contribution in [2.75, 3.05) is 11.4 Å². The Morgan fingerprint density at radius 2 is 2.08 bits per heavy atom. The molecule has 2 aromatic rings. The summed E-state index contributed by atoms with van der Waals surface area (Å²) < 4.78 is 15.5. The highest BCUT2D eigenvalue weighted by molar-refractivity contribution is 9.10. The van der Waals surface area contributed by atoms with Crippen LogP contribution in [-0.4, -0.2) is 29.0 Å². The molecule has 26 heavy (non-hydrogen) atoms. The molecule has 1 saturated heterocycles. The predicted molar refractivity (Wildman–Crippen MR) is 98.7 cm³/mol. The predicted octanol–water partition coefficient (Wildman–Crippen LogP) is 2.33. The van der Waals surface area contributed by atoms with Gasteiger partial charge in [-0.2, -0.15) is 0 Å². The Kier molecular flexibility index (Phi) is 5.43. The van der Waals surface area contributed by atoms with Crippen molar-refractivity contribution in [3.8, 4) is 0 Å². The molecule has 2 amide bonds. The summed E-state index contributed by atoms with van der Waals surface area (Å²) in [7, 11) is 0. The molecule has 2 heterocycles. The van der Waals surface area contributed by atoms with Gasteiger partial charge in [0, 0.05) is 35.4 Å². The highest BCUT2D eigenvalue weighted by atomic mass is 79.9. The standard InChI is InChI=1S/C17H14BrClFN3O3/c18-10-1-4-16(25)22(7-10)9-15(24)21-11-5-17(26)23(8-11)12-2-3-13(19)14(20)6-12/h1-4,6-7,11H,5,8-9H2,(H,21,24). The van der Waals surface area contributed by atoms with Gasteiger partial charge in [-0.15, -0.1) is 0 Å². The maximum Gasteiger partial charge on any atom is 0.251 e. The van der Waals surface area contributed by atoms with Crippen molar-refractivity contribution < 1.29 is 14.0 Å². The van der Waals surface area contributed by atoms with Gasteiger partial charge in [-0.1, -0.05) is 11.6 Å². The summed E-state index contributed by atoms with van der Waals surface area (Å²) in [4.78, 5) is 37.5. The van der Waals surface area contributed by atoms with E-state index in [0.717, 1.165) is 0 Å². The van der Waals surface area contributed by atoms with Gasteiger partial charge in [0.15, 0.2) is 0 Å². The lowest BCUT2D eigenvalue weighted by molar-refractivity contribution is -0.122. The number of nitrogens with zero attached hydrogens (tertiary/aromatic N) is 2. The minimum absolute atomic E-state index is 0.0234. The Hall–Kier alpha value is -2.19. The van der Waals surface area contributed by atoms with Crippen molar-refractivity contribution in [2.45, 2.75) is 19.0 Å². The van der Waals surface area contributed by atoms with E-state index in [1.54, 1.807) is 12.1 Å². The SMILES string of the molecule is O=C(Cn1cc(Br)ccc1=O)NC1CC(=O)N(c2ccc(Cl)c(F)c2)C1. The third-order valence-electron chi connectivity index (χ3n) is 3.97. The first-order valence-corrected chi connectivity index (χ1v) is 8.91. The lowest BCUT2D eigenvalue weighted by Gasteiger charge is -2.17. The second kappa shape index (κ2) is 7.59. The van der Waals surface area contributed by atoms with E-state index in [1.807, 2.05) is 0 Å². The van der Waals surface area contributed by atoms with E-state index in [2.05, 4.69) is 21.2 Å². The monoisotopic (exact) mass is 441 g/mol. The molecule has 0 radical (unpaired) electrons. The second-order valence-corrected chi connectivity index (χ2v) is 7.21. The van der Waals surface area contributed by atoms with Gasteiger partial charge in [-0.05, 0) is 40.2 Å². The van der Waals surface area contributed by atoms with Gasteiger partial charge in [-0.3, -0.25) is 14.4 Å². The van der Waals surface area contributed by atoms with E-state index in [1.165, 1.54) is 33.9 Å². The fourth-order valence-electron chi connectivity index (χ4n) is 2.76. The Morgan fingerprint density at radius 3 is 2.81 bits per heavy atom. The van der Waals surface area contributed by atoms with Gasteiger partial charge in [0.25, 0.3) is 5.56 Å². The number of benzene rings is 1. The molecule has 1 aliphatic rings. The zero-order valence-electron chi connectivity index (χ0n) is 13.4. The zero-order valence-corrected chi connectivity index (χ0v) is 15.8. The summed E-state index contributed by atoms with van der Waals surface area (Å²) in [5.74, 6) is -1.22. The zero-order chi connectivity index (χ0) is 18.8. The third-order valence-corrected chi connectivity index (χ3v) is 4.74. The second-order valence-electron chi connectivity index (χ2n) is 5.88. The molecule has 136 valence electrons. The lowest BCUT2D eigenvalue weighted by atomic mass is 10.2. The molecule has 0 spiro atoms. The molecule has 0 aliphatic carbocycles. The highest BCUT2D eigenvalue weighted by Crippen LogP contribution is 2.25. The quantitative estimate of drug-likeness (QED) is 0.790. The molecular formula is C17H14BrClFN3O3. The Labute approximate surface area is 161 Å². The van der Waals surface area contributed by atoms with Crippen LogP contribution in [0.2, 0.25) is 5.02 Å². The number of rotatable bonds is 4. The summed E-state index contributed by atoms with van der Waals surface area (Å²) in [6, 6.07) is 6.64. The van der Waals surface area contributed by atoms with E-state index >= 15 is 0 Å². The van der Waals surface area contributed by atoms with E-state index in [4.69, 9.17) is 11.6 Å². The topological polar surface area (TPSA) is 71.4 Å². The van der Waals surface area contributed by atoms with E-state index in [0.29, 0.717) is 10.2 Å². The number of nitrogens with one attached hydrogen (secondary N) is 1. The van der Waals surface area contributed by atoms with Crippen LogP contribution in [0.4, 0.5) is 10.1 Å². The van der Waals surface area contributed by atoms with Gasteiger partial charge < -0.3 is 14.8 Å². The number of amides is 2. The number of aromatic nitrogens is 1. The molecule has 1 N–H and O–H groups in total. The number of carbonyl (C=O) groups excluding carboxylic acids is 2. The average molecular weight is 443 g/mol. The lowest BCUT2D eigenvalue weighted by Crippen LogP contribution is -2.40. The van der Waals surface area contributed by atoms with Crippen LogP contribution < -0.4 is 15.8 Å². The maximum atomic E-state index is 13.6. The molecule has 9 heteroatoms. The fraction of sp³-hybridized carbons (Fsp3) is 0.235. The van der Waals surface area contributed by atoms with Crippen LogP contribution in [-0.2, 0) is 16.1 Å². The average Bonchev–Trinajstić information content (AvgIpc) is 2.93. The summed E-state index contributed by atoms with van der Waals surface area (Å²) >= 11 is 8.90. The third kappa shape index (κ3) is 4.13.